The first-order chi connectivity index (χ1) is 6.42. The minimum Gasteiger partial charge on any atom is -0.466 e. The first-order valence-corrected chi connectivity index (χ1v) is 6.58. The Hall–Kier alpha value is -0.360. The molecule has 0 N–H and O–H groups in total. The van der Waals surface area contributed by atoms with Gasteiger partial charge in [0.1, 0.15) is 3.81 Å². The van der Waals surface area contributed by atoms with Gasteiger partial charge in [-0.05, 0) is 22.4 Å². The summed E-state index contributed by atoms with van der Waals surface area (Å²) in [4.78, 5) is 10.5. The SMILES string of the molecule is CC(=O)OCC1CC=C(Br)S(=O)(=O)C1. The van der Waals surface area contributed by atoms with Crippen molar-refractivity contribution in [3.05, 3.63) is 9.89 Å². The Morgan fingerprint density at radius 2 is 2.36 bits per heavy atom. The zero-order chi connectivity index (χ0) is 10.8. The van der Waals surface area contributed by atoms with Crippen LogP contribution in [0.3, 0.4) is 0 Å². The Kier molecular flexibility index (Phi) is 3.71. The summed E-state index contributed by atoms with van der Waals surface area (Å²) in [6, 6.07) is 0. The Labute approximate surface area is 91.4 Å². The summed E-state index contributed by atoms with van der Waals surface area (Å²) in [7, 11) is -3.17. The van der Waals surface area contributed by atoms with E-state index in [9.17, 15) is 13.2 Å². The summed E-state index contributed by atoms with van der Waals surface area (Å²) in [6.07, 6.45) is 2.22. The van der Waals surface area contributed by atoms with Crippen LogP contribution in [0.2, 0.25) is 0 Å². The molecule has 0 radical (unpaired) electrons. The molecule has 0 aromatic rings. The number of halogens is 1. The van der Waals surface area contributed by atoms with E-state index in [1.165, 1.54) is 6.92 Å². The fourth-order valence-corrected chi connectivity index (χ4v) is 3.14. The van der Waals surface area contributed by atoms with E-state index in [4.69, 9.17) is 4.74 Å². The number of esters is 1. The van der Waals surface area contributed by atoms with Crippen LogP contribution < -0.4 is 0 Å². The van der Waals surface area contributed by atoms with E-state index in [0.29, 0.717) is 6.42 Å². The number of hydrogen-bond acceptors (Lipinski definition) is 4. The van der Waals surface area contributed by atoms with Crippen molar-refractivity contribution < 1.29 is 17.9 Å². The summed E-state index contributed by atoms with van der Waals surface area (Å²) >= 11 is 2.98. The minimum absolute atomic E-state index is 0.0391. The fraction of sp³-hybridized carbons (Fsp3) is 0.625. The molecule has 0 aliphatic carbocycles. The van der Waals surface area contributed by atoms with E-state index < -0.39 is 9.84 Å². The molecule has 1 rings (SSSR count). The second-order valence-electron chi connectivity index (χ2n) is 3.19. The number of hydrogen-bond donors (Lipinski definition) is 0. The number of carbonyl (C=O) groups excluding carboxylic acids is 1. The Morgan fingerprint density at radius 1 is 1.71 bits per heavy atom. The van der Waals surface area contributed by atoms with Crippen LogP contribution in [0.4, 0.5) is 0 Å². The van der Waals surface area contributed by atoms with Crippen LogP contribution in [0.15, 0.2) is 9.89 Å². The average Bonchev–Trinajstić information content (AvgIpc) is 2.07. The third-order valence-electron chi connectivity index (χ3n) is 1.89. The van der Waals surface area contributed by atoms with Gasteiger partial charge < -0.3 is 4.74 Å². The van der Waals surface area contributed by atoms with Crippen LogP contribution in [0.1, 0.15) is 13.3 Å². The minimum atomic E-state index is -3.17. The van der Waals surface area contributed by atoms with Crippen LogP contribution in [0, 0.1) is 5.92 Å². The first-order valence-electron chi connectivity index (χ1n) is 4.13. The molecule has 0 fully saturated rings. The monoisotopic (exact) mass is 282 g/mol. The van der Waals surface area contributed by atoms with Gasteiger partial charge >= 0.3 is 5.97 Å². The summed E-state index contributed by atoms with van der Waals surface area (Å²) in [6.45, 7) is 1.48. The predicted molar refractivity (Wildman–Crippen MR) is 55.5 cm³/mol. The normalized spacial score (nSPS) is 25.3. The maximum Gasteiger partial charge on any atom is 0.302 e. The lowest BCUT2D eigenvalue weighted by Gasteiger charge is -2.19. The lowest BCUT2D eigenvalue weighted by atomic mass is 10.1. The molecule has 0 amide bonds. The zero-order valence-electron chi connectivity index (χ0n) is 7.70. The predicted octanol–water partition coefficient (Wildman–Crippen LogP) is 1.22. The lowest BCUT2D eigenvalue weighted by molar-refractivity contribution is -0.142. The molecular formula is C8H11BrO4S. The van der Waals surface area contributed by atoms with Gasteiger partial charge in [0.15, 0.2) is 9.84 Å². The topological polar surface area (TPSA) is 60.4 Å². The number of rotatable bonds is 2. The Bertz CT molecular complexity index is 358. The lowest BCUT2D eigenvalue weighted by Crippen LogP contribution is -2.24. The molecule has 0 saturated carbocycles. The van der Waals surface area contributed by atoms with Crippen molar-refractivity contribution in [2.75, 3.05) is 12.4 Å². The molecule has 1 aliphatic rings. The van der Waals surface area contributed by atoms with Crippen LogP contribution in [-0.2, 0) is 19.4 Å². The molecule has 0 bridgehead atoms. The number of carbonyl (C=O) groups is 1. The molecule has 1 heterocycles. The Balaban J connectivity index is 2.59. The third-order valence-corrected chi connectivity index (χ3v) is 5.36. The van der Waals surface area contributed by atoms with Gasteiger partial charge in [-0.15, -0.1) is 0 Å². The standard InChI is InChI=1S/C8H11BrO4S/c1-6(10)13-4-7-2-3-8(9)14(11,12)5-7/h3,7H,2,4-5H2,1H3. The molecule has 1 atom stereocenters. The van der Waals surface area contributed by atoms with Gasteiger partial charge in [0.05, 0.1) is 12.4 Å². The average molecular weight is 283 g/mol. The van der Waals surface area contributed by atoms with Crippen molar-refractivity contribution >= 4 is 31.7 Å². The highest BCUT2D eigenvalue weighted by molar-refractivity contribution is 9.13. The molecule has 6 heteroatoms. The second kappa shape index (κ2) is 4.44. The van der Waals surface area contributed by atoms with E-state index in [-0.39, 0.29) is 28.1 Å². The molecule has 0 spiro atoms. The van der Waals surface area contributed by atoms with Crippen molar-refractivity contribution in [3.63, 3.8) is 0 Å². The highest BCUT2D eigenvalue weighted by atomic mass is 79.9. The molecule has 0 saturated heterocycles. The highest BCUT2D eigenvalue weighted by Crippen LogP contribution is 2.26. The van der Waals surface area contributed by atoms with Gasteiger partial charge in [0.2, 0.25) is 0 Å². The largest absolute Gasteiger partial charge is 0.466 e. The maximum atomic E-state index is 11.4. The zero-order valence-corrected chi connectivity index (χ0v) is 10.1. The molecule has 1 unspecified atom stereocenters. The van der Waals surface area contributed by atoms with Crippen molar-refractivity contribution in [1.29, 1.82) is 0 Å². The smallest absolute Gasteiger partial charge is 0.302 e. The van der Waals surface area contributed by atoms with Crippen molar-refractivity contribution in [3.8, 4) is 0 Å². The number of sulfone groups is 1. The van der Waals surface area contributed by atoms with Gasteiger partial charge in [0.25, 0.3) is 0 Å². The highest BCUT2D eigenvalue weighted by Gasteiger charge is 2.26. The first kappa shape index (κ1) is 11.7. The molecule has 0 aromatic carbocycles. The number of ether oxygens (including phenoxy) is 1. The number of allylic oxidation sites excluding steroid dienone is 1. The molecule has 4 nitrogen and oxygen atoms in total. The van der Waals surface area contributed by atoms with E-state index in [2.05, 4.69) is 15.9 Å². The van der Waals surface area contributed by atoms with Crippen molar-refractivity contribution in [2.24, 2.45) is 5.92 Å². The second-order valence-corrected chi connectivity index (χ2v) is 6.58. The van der Waals surface area contributed by atoms with E-state index >= 15 is 0 Å². The third kappa shape index (κ3) is 3.09. The van der Waals surface area contributed by atoms with E-state index in [1.807, 2.05) is 0 Å². The van der Waals surface area contributed by atoms with Gasteiger partial charge in [-0.25, -0.2) is 8.42 Å². The van der Waals surface area contributed by atoms with E-state index in [1.54, 1.807) is 6.08 Å². The molecule has 0 aromatic heterocycles. The maximum absolute atomic E-state index is 11.4. The molecule has 14 heavy (non-hydrogen) atoms. The van der Waals surface area contributed by atoms with Crippen LogP contribution in [0.5, 0.6) is 0 Å². The van der Waals surface area contributed by atoms with Gasteiger partial charge in [-0.2, -0.15) is 0 Å². The van der Waals surface area contributed by atoms with Crippen LogP contribution in [-0.4, -0.2) is 26.7 Å². The summed E-state index contributed by atoms with van der Waals surface area (Å²) < 4.78 is 27.8. The molecule has 80 valence electrons. The van der Waals surface area contributed by atoms with E-state index in [0.717, 1.165) is 0 Å². The van der Waals surface area contributed by atoms with Gasteiger partial charge in [-0.1, -0.05) is 6.08 Å². The Morgan fingerprint density at radius 3 is 2.86 bits per heavy atom. The molecular weight excluding hydrogens is 272 g/mol. The van der Waals surface area contributed by atoms with Crippen LogP contribution in [0.25, 0.3) is 0 Å². The van der Waals surface area contributed by atoms with Crippen LogP contribution >= 0.6 is 15.9 Å². The fourth-order valence-electron chi connectivity index (χ4n) is 1.20. The summed E-state index contributed by atoms with van der Waals surface area (Å²) in [5.41, 5.74) is 0. The summed E-state index contributed by atoms with van der Waals surface area (Å²) in [5, 5.41) is 0. The van der Waals surface area contributed by atoms with Gasteiger partial charge in [0, 0.05) is 12.8 Å². The summed E-state index contributed by atoms with van der Waals surface area (Å²) in [5.74, 6) is -0.460. The quantitative estimate of drug-likeness (QED) is 0.715. The van der Waals surface area contributed by atoms with Gasteiger partial charge in [-0.3, -0.25) is 4.79 Å². The molecule has 1 aliphatic heterocycles. The van der Waals surface area contributed by atoms with Crippen molar-refractivity contribution in [2.45, 2.75) is 13.3 Å². The van der Waals surface area contributed by atoms with Crippen molar-refractivity contribution in [1.82, 2.24) is 0 Å².